The van der Waals surface area contributed by atoms with Crippen molar-refractivity contribution < 1.29 is 0 Å². The molecule has 1 fully saturated rings. The van der Waals surface area contributed by atoms with Crippen molar-refractivity contribution in [3.63, 3.8) is 0 Å². The molecule has 1 rings (SSSR count). The van der Waals surface area contributed by atoms with E-state index in [0.29, 0.717) is 0 Å². The van der Waals surface area contributed by atoms with Crippen molar-refractivity contribution in [1.29, 1.82) is 0 Å². The Bertz CT molecular complexity index is 123. The lowest BCUT2D eigenvalue weighted by atomic mass is 10.1. The Hall–Kier alpha value is -0.460. The third-order valence-electron chi connectivity index (χ3n) is 2.43. The maximum atomic E-state index is 2.46. The Morgan fingerprint density at radius 1 is 1.17 bits per heavy atom. The summed E-state index contributed by atoms with van der Waals surface area (Å²) in [5, 5.41) is 0. The van der Waals surface area contributed by atoms with Crippen molar-refractivity contribution >= 4 is 0 Å². The standard InChI is InChI=1S/C11H21N/c1-2-3-4-6-9-12-10-7-5-8-11-12/h6,9H,2-5,7-8,10-11H2,1H3/b9-6+. The monoisotopic (exact) mass is 167 g/mol. The van der Waals surface area contributed by atoms with Gasteiger partial charge in [-0.05, 0) is 31.9 Å². The van der Waals surface area contributed by atoms with Gasteiger partial charge in [-0.3, -0.25) is 0 Å². The Balaban J connectivity index is 2.07. The highest BCUT2D eigenvalue weighted by molar-refractivity contribution is 4.83. The van der Waals surface area contributed by atoms with Crippen molar-refractivity contribution in [1.82, 2.24) is 4.90 Å². The van der Waals surface area contributed by atoms with Gasteiger partial charge in [-0.15, -0.1) is 0 Å². The second-order valence-corrected chi connectivity index (χ2v) is 3.62. The van der Waals surface area contributed by atoms with E-state index in [2.05, 4.69) is 24.1 Å². The van der Waals surface area contributed by atoms with Gasteiger partial charge in [-0.25, -0.2) is 0 Å². The molecule has 1 aliphatic rings. The van der Waals surface area contributed by atoms with Gasteiger partial charge in [0.15, 0.2) is 0 Å². The van der Waals surface area contributed by atoms with E-state index in [1.165, 1.54) is 51.6 Å². The molecule has 12 heavy (non-hydrogen) atoms. The molecule has 1 nitrogen and oxygen atoms in total. The zero-order valence-corrected chi connectivity index (χ0v) is 8.26. The fraction of sp³-hybridized carbons (Fsp3) is 0.818. The number of unbranched alkanes of at least 4 members (excludes halogenated alkanes) is 2. The smallest absolute Gasteiger partial charge is 0.0172 e. The Kier molecular flexibility index (Phi) is 4.89. The maximum Gasteiger partial charge on any atom is 0.0172 e. The minimum Gasteiger partial charge on any atom is -0.378 e. The summed E-state index contributed by atoms with van der Waals surface area (Å²) >= 11 is 0. The second-order valence-electron chi connectivity index (χ2n) is 3.62. The first-order valence-electron chi connectivity index (χ1n) is 5.34. The summed E-state index contributed by atoms with van der Waals surface area (Å²) in [7, 11) is 0. The lowest BCUT2D eigenvalue weighted by Crippen LogP contribution is -2.23. The van der Waals surface area contributed by atoms with E-state index >= 15 is 0 Å². The predicted molar refractivity (Wildman–Crippen MR) is 54.1 cm³/mol. The van der Waals surface area contributed by atoms with Crippen LogP contribution in [0.15, 0.2) is 12.3 Å². The molecule has 0 bridgehead atoms. The normalized spacial score (nSPS) is 18.9. The minimum atomic E-state index is 1.26. The zero-order valence-electron chi connectivity index (χ0n) is 8.26. The molecule has 0 aromatic heterocycles. The van der Waals surface area contributed by atoms with Crippen LogP contribution in [-0.4, -0.2) is 18.0 Å². The molecule has 70 valence electrons. The van der Waals surface area contributed by atoms with E-state index < -0.39 is 0 Å². The molecule has 0 saturated carbocycles. The van der Waals surface area contributed by atoms with Crippen molar-refractivity contribution in [2.45, 2.75) is 45.4 Å². The van der Waals surface area contributed by atoms with Gasteiger partial charge >= 0.3 is 0 Å². The van der Waals surface area contributed by atoms with Gasteiger partial charge < -0.3 is 4.90 Å². The molecule has 0 N–H and O–H groups in total. The first-order valence-corrected chi connectivity index (χ1v) is 5.34. The summed E-state index contributed by atoms with van der Waals surface area (Å²) in [6.07, 6.45) is 12.7. The lowest BCUT2D eigenvalue weighted by Gasteiger charge is -2.24. The largest absolute Gasteiger partial charge is 0.378 e. The third-order valence-corrected chi connectivity index (χ3v) is 2.43. The van der Waals surface area contributed by atoms with Crippen LogP contribution < -0.4 is 0 Å². The summed E-state index contributed by atoms with van der Waals surface area (Å²) in [4.78, 5) is 2.46. The first kappa shape index (κ1) is 9.63. The number of rotatable bonds is 4. The summed E-state index contributed by atoms with van der Waals surface area (Å²) in [5.41, 5.74) is 0. The molecule has 0 aromatic rings. The quantitative estimate of drug-likeness (QED) is 0.581. The average Bonchev–Trinajstić information content (AvgIpc) is 2.14. The Labute approximate surface area is 76.5 Å². The fourth-order valence-corrected chi connectivity index (χ4v) is 1.61. The van der Waals surface area contributed by atoms with Crippen molar-refractivity contribution in [3.8, 4) is 0 Å². The van der Waals surface area contributed by atoms with Gasteiger partial charge in [-0.1, -0.05) is 25.8 Å². The van der Waals surface area contributed by atoms with Crippen LogP contribution in [-0.2, 0) is 0 Å². The van der Waals surface area contributed by atoms with Crippen LogP contribution in [0.3, 0.4) is 0 Å². The third kappa shape index (κ3) is 3.80. The van der Waals surface area contributed by atoms with Crippen LogP contribution in [0.4, 0.5) is 0 Å². The van der Waals surface area contributed by atoms with Gasteiger partial charge in [-0.2, -0.15) is 0 Å². The molecule has 1 saturated heterocycles. The number of hydrogen-bond donors (Lipinski definition) is 0. The van der Waals surface area contributed by atoms with E-state index in [1.807, 2.05) is 0 Å². The van der Waals surface area contributed by atoms with Crippen LogP contribution in [0.1, 0.15) is 45.4 Å². The van der Waals surface area contributed by atoms with E-state index in [9.17, 15) is 0 Å². The molecule has 0 spiro atoms. The Morgan fingerprint density at radius 2 is 1.92 bits per heavy atom. The SMILES string of the molecule is CCCC/C=C/N1CCCCC1. The lowest BCUT2D eigenvalue weighted by molar-refractivity contribution is 0.308. The number of allylic oxidation sites excluding steroid dienone is 1. The summed E-state index contributed by atoms with van der Waals surface area (Å²) in [5.74, 6) is 0. The second kappa shape index (κ2) is 6.10. The van der Waals surface area contributed by atoms with Crippen molar-refractivity contribution in [2.75, 3.05) is 13.1 Å². The summed E-state index contributed by atoms with van der Waals surface area (Å²) in [6.45, 7) is 4.81. The predicted octanol–water partition coefficient (Wildman–Crippen LogP) is 3.18. The van der Waals surface area contributed by atoms with E-state index in [0.717, 1.165) is 0 Å². The fourth-order valence-electron chi connectivity index (χ4n) is 1.61. The number of nitrogens with zero attached hydrogens (tertiary/aromatic N) is 1. The van der Waals surface area contributed by atoms with E-state index in [1.54, 1.807) is 0 Å². The molecule has 0 amide bonds. The number of hydrogen-bond acceptors (Lipinski definition) is 1. The molecular formula is C11H21N. The van der Waals surface area contributed by atoms with Crippen LogP contribution in [0, 0.1) is 0 Å². The van der Waals surface area contributed by atoms with Gasteiger partial charge in [0.05, 0.1) is 0 Å². The summed E-state index contributed by atoms with van der Waals surface area (Å²) in [6, 6.07) is 0. The molecule has 0 radical (unpaired) electrons. The molecule has 0 atom stereocenters. The highest BCUT2D eigenvalue weighted by Gasteiger charge is 2.04. The van der Waals surface area contributed by atoms with Crippen LogP contribution in [0.25, 0.3) is 0 Å². The van der Waals surface area contributed by atoms with Crippen molar-refractivity contribution in [3.05, 3.63) is 12.3 Å². The molecule has 0 aromatic carbocycles. The number of likely N-dealkylation sites (tertiary alicyclic amines) is 1. The van der Waals surface area contributed by atoms with Crippen LogP contribution in [0.5, 0.6) is 0 Å². The van der Waals surface area contributed by atoms with Gasteiger partial charge in [0.2, 0.25) is 0 Å². The van der Waals surface area contributed by atoms with Gasteiger partial charge in [0.1, 0.15) is 0 Å². The van der Waals surface area contributed by atoms with E-state index in [-0.39, 0.29) is 0 Å². The van der Waals surface area contributed by atoms with Gasteiger partial charge in [0.25, 0.3) is 0 Å². The van der Waals surface area contributed by atoms with Gasteiger partial charge in [0, 0.05) is 13.1 Å². The van der Waals surface area contributed by atoms with Crippen molar-refractivity contribution in [2.24, 2.45) is 0 Å². The molecular weight excluding hydrogens is 146 g/mol. The molecule has 1 heterocycles. The molecule has 1 aliphatic heterocycles. The highest BCUT2D eigenvalue weighted by atomic mass is 15.1. The minimum absolute atomic E-state index is 1.26. The van der Waals surface area contributed by atoms with Crippen LogP contribution in [0.2, 0.25) is 0 Å². The molecule has 1 heteroatoms. The zero-order chi connectivity index (χ0) is 8.65. The first-order chi connectivity index (χ1) is 5.93. The topological polar surface area (TPSA) is 3.24 Å². The van der Waals surface area contributed by atoms with Crippen LogP contribution >= 0.6 is 0 Å². The average molecular weight is 167 g/mol. The molecule has 0 aliphatic carbocycles. The Morgan fingerprint density at radius 3 is 2.58 bits per heavy atom. The number of piperidine rings is 1. The molecule has 0 unspecified atom stereocenters. The van der Waals surface area contributed by atoms with E-state index in [4.69, 9.17) is 0 Å². The maximum absolute atomic E-state index is 2.46. The summed E-state index contributed by atoms with van der Waals surface area (Å²) < 4.78 is 0. The highest BCUT2D eigenvalue weighted by Crippen LogP contribution is 2.09.